The Morgan fingerprint density at radius 3 is 2.32 bits per heavy atom. The van der Waals surface area contributed by atoms with E-state index in [1.54, 1.807) is 0 Å². The molecule has 2 aromatic rings. The van der Waals surface area contributed by atoms with Gasteiger partial charge in [-0.15, -0.1) is 0 Å². The maximum absolute atomic E-state index is 2.48. The predicted octanol–water partition coefficient (Wildman–Crippen LogP) is 3.87. The molecule has 0 fully saturated rings. The number of anilines is 1. The Balaban J connectivity index is 2.05. The van der Waals surface area contributed by atoms with Gasteiger partial charge in [-0.3, -0.25) is 0 Å². The standard InChI is InChI=1S/C18H19N/c1-17-12-13-8-4-5-9-14(13)18(17,2)19(3)16-11-7-6-10-15(16)17/h4-11H,12H2,1-3H3. The summed E-state index contributed by atoms with van der Waals surface area (Å²) in [7, 11) is 2.24. The van der Waals surface area contributed by atoms with Gasteiger partial charge < -0.3 is 4.90 Å². The molecule has 1 aliphatic heterocycles. The molecule has 2 aromatic carbocycles. The van der Waals surface area contributed by atoms with E-state index in [0.29, 0.717) is 0 Å². The number of fused-ring (bicyclic) bond motifs is 5. The second-order valence-electron chi connectivity index (χ2n) is 6.31. The molecule has 2 aliphatic rings. The zero-order chi connectivity index (χ0) is 13.3. The molecule has 0 amide bonds. The molecule has 2 atom stereocenters. The zero-order valence-corrected chi connectivity index (χ0v) is 11.8. The highest BCUT2D eigenvalue weighted by Crippen LogP contribution is 2.61. The SMILES string of the molecule is CN1c2ccccc2C2(C)Cc3ccccc3C12C. The predicted molar refractivity (Wildman–Crippen MR) is 79.7 cm³/mol. The number of likely N-dealkylation sites (N-methyl/N-ethyl adjacent to an activating group) is 1. The molecule has 1 nitrogen and oxygen atoms in total. The summed E-state index contributed by atoms with van der Waals surface area (Å²) < 4.78 is 0. The van der Waals surface area contributed by atoms with Crippen molar-refractivity contribution in [2.24, 2.45) is 0 Å². The van der Waals surface area contributed by atoms with Gasteiger partial charge in [0.15, 0.2) is 0 Å². The molecule has 4 rings (SSSR count). The fourth-order valence-electron chi connectivity index (χ4n) is 4.38. The van der Waals surface area contributed by atoms with Gasteiger partial charge in [-0.1, -0.05) is 49.4 Å². The Morgan fingerprint density at radius 1 is 0.895 bits per heavy atom. The molecule has 0 N–H and O–H groups in total. The zero-order valence-electron chi connectivity index (χ0n) is 11.8. The molecule has 0 spiro atoms. The normalized spacial score (nSPS) is 31.0. The van der Waals surface area contributed by atoms with Crippen molar-refractivity contribution >= 4 is 5.69 Å². The summed E-state index contributed by atoms with van der Waals surface area (Å²) in [5, 5.41) is 0. The van der Waals surface area contributed by atoms with Crippen molar-refractivity contribution < 1.29 is 0 Å². The van der Waals surface area contributed by atoms with Crippen molar-refractivity contribution in [3.05, 3.63) is 65.2 Å². The van der Waals surface area contributed by atoms with Crippen LogP contribution in [0, 0.1) is 0 Å². The van der Waals surface area contributed by atoms with Crippen LogP contribution in [0.3, 0.4) is 0 Å². The highest BCUT2D eigenvalue weighted by molar-refractivity contribution is 5.71. The first-order valence-corrected chi connectivity index (χ1v) is 7.01. The summed E-state index contributed by atoms with van der Waals surface area (Å²) in [6.07, 6.45) is 1.14. The van der Waals surface area contributed by atoms with E-state index >= 15 is 0 Å². The van der Waals surface area contributed by atoms with Crippen LogP contribution in [0.2, 0.25) is 0 Å². The molecule has 19 heavy (non-hydrogen) atoms. The van der Waals surface area contributed by atoms with E-state index in [1.807, 2.05) is 0 Å². The lowest BCUT2D eigenvalue weighted by Gasteiger charge is -2.41. The third-order valence-electron chi connectivity index (χ3n) is 5.69. The summed E-state index contributed by atoms with van der Waals surface area (Å²) in [5.41, 5.74) is 6.15. The molecule has 0 radical (unpaired) electrons. The third kappa shape index (κ3) is 1.04. The Kier molecular flexibility index (Phi) is 1.88. The van der Waals surface area contributed by atoms with Crippen LogP contribution in [0.5, 0.6) is 0 Å². The minimum atomic E-state index is 0.0767. The third-order valence-corrected chi connectivity index (χ3v) is 5.69. The van der Waals surface area contributed by atoms with Crippen molar-refractivity contribution in [3.63, 3.8) is 0 Å². The fourth-order valence-corrected chi connectivity index (χ4v) is 4.38. The minimum Gasteiger partial charge on any atom is -0.364 e. The smallest absolute Gasteiger partial charge is 0.0722 e. The average Bonchev–Trinajstić information content (AvgIpc) is 2.77. The van der Waals surface area contributed by atoms with Gasteiger partial charge in [-0.25, -0.2) is 0 Å². The maximum Gasteiger partial charge on any atom is 0.0722 e. The molecular weight excluding hydrogens is 230 g/mol. The summed E-state index contributed by atoms with van der Waals surface area (Å²) in [6.45, 7) is 4.83. The van der Waals surface area contributed by atoms with Gasteiger partial charge in [0.05, 0.1) is 5.54 Å². The van der Waals surface area contributed by atoms with Crippen LogP contribution in [0.4, 0.5) is 5.69 Å². The van der Waals surface area contributed by atoms with Crippen molar-refractivity contribution in [1.82, 2.24) is 0 Å². The van der Waals surface area contributed by atoms with Crippen LogP contribution in [-0.4, -0.2) is 7.05 Å². The molecule has 2 unspecified atom stereocenters. The van der Waals surface area contributed by atoms with Crippen LogP contribution in [0.1, 0.15) is 30.5 Å². The van der Waals surface area contributed by atoms with Gasteiger partial charge in [0.1, 0.15) is 0 Å². The first kappa shape index (κ1) is 11.1. The van der Waals surface area contributed by atoms with Gasteiger partial charge in [0, 0.05) is 18.2 Å². The lowest BCUT2D eigenvalue weighted by molar-refractivity contribution is 0.305. The number of benzene rings is 2. The van der Waals surface area contributed by atoms with E-state index < -0.39 is 0 Å². The summed E-state index contributed by atoms with van der Waals surface area (Å²) in [4.78, 5) is 2.48. The first-order valence-electron chi connectivity index (χ1n) is 7.01. The van der Waals surface area contributed by atoms with Crippen LogP contribution in [0.25, 0.3) is 0 Å². The largest absolute Gasteiger partial charge is 0.364 e. The van der Waals surface area contributed by atoms with Gasteiger partial charge >= 0.3 is 0 Å². The van der Waals surface area contributed by atoms with Crippen molar-refractivity contribution in [2.45, 2.75) is 31.2 Å². The lowest BCUT2D eigenvalue weighted by atomic mass is 9.70. The Labute approximate surface area is 114 Å². The quantitative estimate of drug-likeness (QED) is 0.685. The number of para-hydroxylation sites is 1. The number of nitrogens with zero attached hydrogens (tertiary/aromatic N) is 1. The number of hydrogen-bond donors (Lipinski definition) is 0. The Bertz CT molecular complexity index is 675. The fraction of sp³-hybridized carbons (Fsp3) is 0.333. The minimum absolute atomic E-state index is 0.0767. The molecule has 0 saturated heterocycles. The van der Waals surface area contributed by atoms with E-state index in [1.165, 1.54) is 22.4 Å². The lowest BCUT2D eigenvalue weighted by Crippen LogP contribution is -2.47. The topological polar surface area (TPSA) is 3.24 Å². The Morgan fingerprint density at radius 2 is 1.53 bits per heavy atom. The summed E-state index contributed by atoms with van der Waals surface area (Å²) >= 11 is 0. The van der Waals surface area contributed by atoms with Gasteiger partial charge in [0.25, 0.3) is 0 Å². The van der Waals surface area contributed by atoms with Crippen LogP contribution in [-0.2, 0) is 17.4 Å². The Hall–Kier alpha value is -1.76. The van der Waals surface area contributed by atoms with E-state index in [9.17, 15) is 0 Å². The molecule has 0 aromatic heterocycles. The molecule has 96 valence electrons. The molecule has 1 aliphatic carbocycles. The average molecular weight is 249 g/mol. The van der Waals surface area contributed by atoms with E-state index in [2.05, 4.69) is 74.3 Å². The van der Waals surface area contributed by atoms with Gasteiger partial charge in [-0.2, -0.15) is 0 Å². The molecule has 1 heteroatoms. The number of hydrogen-bond acceptors (Lipinski definition) is 1. The van der Waals surface area contributed by atoms with Crippen LogP contribution < -0.4 is 4.90 Å². The van der Waals surface area contributed by atoms with E-state index in [0.717, 1.165) is 6.42 Å². The summed E-state index contributed by atoms with van der Waals surface area (Å²) in [6, 6.07) is 17.8. The maximum atomic E-state index is 2.48. The van der Waals surface area contributed by atoms with Crippen molar-refractivity contribution in [2.75, 3.05) is 11.9 Å². The molecule has 1 heterocycles. The van der Waals surface area contributed by atoms with E-state index in [-0.39, 0.29) is 11.0 Å². The van der Waals surface area contributed by atoms with Crippen molar-refractivity contribution in [1.29, 1.82) is 0 Å². The highest BCUT2D eigenvalue weighted by Gasteiger charge is 2.60. The molecule has 0 saturated carbocycles. The second-order valence-corrected chi connectivity index (χ2v) is 6.31. The van der Waals surface area contributed by atoms with Crippen LogP contribution >= 0.6 is 0 Å². The highest BCUT2D eigenvalue weighted by atomic mass is 15.2. The van der Waals surface area contributed by atoms with Crippen molar-refractivity contribution in [3.8, 4) is 0 Å². The van der Waals surface area contributed by atoms with E-state index in [4.69, 9.17) is 0 Å². The van der Waals surface area contributed by atoms with Crippen LogP contribution in [0.15, 0.2) is 48.5 Å². The first-order chi connectivity index (χ1) is 9.09. The molecular formula is C18H19N. The monoisotopic (exact) mass is 249 g/mol. The number of rotatable bonds is 0. The molecule has 0 bridgehead atoms. The van der Waals surface area contributed by atoms with Gasteiger partial charge in [-0.05, 0) is 36.1 Å². The second kappa shape index (κ2) is 3.22. The summed E-state index contributed by atoms with van der Waals surface area (Å²) in [5.74, 6) is 0. The van der Waals surface area contributed by atoms with Gasteiger partial charge in [0.2, 0.25) is 0 Å².